The average Bonchev–Trinajstić information content (AvgIpc) is 2.79. The molecule has 0 aliphatic heterocycles. The second-order valence-electron chi connectivity index (χ2n) is 4.16. The Labute approximate surface area is 114 Å². The lowest BCUT2D eigenvalue weighted by molar-refractivity contribution is -0.118. The molecule has 0 saturated carbocycles. The van der Waals surface area contributed by atoms with Gasteiger partial charge in [-0.15, -0.1) is 0 Å². The number of carbonyl (C=O) groups excluding carboxylic acids is 1. The van der Waals surface area contributed by atoms with Crippen LogP contribution < -0.4 is 10.1 Å². The highest BCUT2D eigenvalue weighted by atomic mass is 32.1. The highest BCUT2D eigenvalue weighted by Gasteiger charge is 2.11. The minimum Gasteiger partial charge on any atom is -0.442 e. The van der Waals surface area contributed by atoms with Crippen molar-refractivity contribution in [2.75, 3.05) is 5.32 Å². The molecule has 2 rings (SSSR count). The maximum absolute atomic E-state index is 13.4. The minimum atomic E-state index is -0.441. The summed E-state index contributed by atoms with van der Waals surface area (Å²) in [6.07, 6.45) is 1.45. The molecule has 1 amide bonds. The van der Waals surface area contributed by atoms with Crippen LogP contribution in [0.2, 0.25) is 0 Å². The van der Waals surface area contributed by atoms with Crippen LogP contribution in [0.5, 0.6) is 10.8 Å². The van der Waals surface area contributed by atoms with Gasteiger partial charge in [0.15, 0.2) is 16.7 Å². The van der Waals surface area contributed by atoms with Gasteiger partial charge in [-0.05, 0) is 12.1 Å². The number of carbonyl (C=O) groups is 1. The van der Waals surface area contributed by atoms with Crippen molar-refractivity contribution in [1.29, 1.82) is 0 Å². The summed E-state index contributed by atoms with van der Waals surface area (Å²) in [4.78, 5) is 15.5. The molecule has 19 heavy (non-hydrogen) atoms. The number of para-hydroxylation sites is 1. The summed E-state index contributed by atoms with van der Waals surface area (Å²) in [6, 6.07) is 6.11. The van der Waals surface area contributed by atoms with Gasteiger partial charge in [0.1, 0.15) is 0 Å². The zero-order chi connectivity index (χ0) is 13.8. The SMILES string of the molecule is CC(C)C(=O)Nc1ncc(Oc2ccccc2F)s1. The molecule has 2 aromatic rings. The van der Waals surface area contributed by atoms with E-state index >= 15 is 0 Å². The second-order valence-corrected chi connectivity index (χ2v) is 5.15. The van der Waals surface area contributed by atoms with Gasteiger partial charge in [-0.25, -0.2) is 9.37 Å². The van der Waals surface area contributed by atoms with Crippen molar-refractivity contribution < 1.29 is 13.9 Å². The number of nitrogens with one attached hydrogen (secondary N) is 1. The average molecular weight is 280 g/mol. The first-order valence-corrected chi connectivity index (χ1v) is 6.57. The molecule has 1 aromatic heterocycles. The third-order valence-corrected chi connectivity index (χ3v) is 3.08. The number of amides is 1. The van der Waals surface area contributed by atoms with E-state index < -0.39 is 5.82 Å². The number of benzene rings is 1. The molecule has 0 unspecified atom stereocenters. The van der Waals surface area contributed by atoms with E-state index in [0.717, 1.165) is 11.3 Å². The van der Waals surface area contributed by atoms with E-state index in [4.69, 9.17) is 4.74 Å². The normalized spacial score (nSPS) is 10.5. The summed E-state index contributed by atoms with van der Waals surface area (Å²) >= 11 is 1.15. The van der Waals surface area contributed by atoms with Crippen molar-refractivity contribution in [2.45, 2.75) is 13.8 Å². The van der Waals surface area contributed by atoms with Crippen molar-refractivity contribution in [3.8, 4) is 10.8 Å². The number of aromatic nitrogens is 1. The van der Waals surface area contributed by atoms with E-state index in [2.05, 4.69) is 10.3 Å². The molecule has 0 aliphatic carbocycles. The van der Waals surface area contributed by atoms with Crippen LogP contribution in [0.4, 0.5) is 9.52 Å². The van der Waals surface area contributed by atoms with Gasteiger partial charge >= 0.3 is 0 Å². The fourth-order valence-electron chi connectivity index (χ4n) is 1.25. The molecule has 6 heteroatoms. The lowest BCUT2D eigenvalue weighted by atomic mass is 10.2. The first kappa shape index (κ1) is 13.5. The predicted octanol–water partition coefficient (Wildman–Crippen LogP) is 3.67. The van der Waals surface area contributed by atoms with Crippen LogP contribution in [0.3, 0.4) is 0 Å². The van der Waals surface area contributed by atoms with E-state index in [1.807, 2.05) is 0 Å². The lowest BCUT2D eigenvalue weighted by Gasteiger charge is -2.03. The molecule has 0 bridgehead atoms. The van der Waals surface area contributed by atoms with Crippen molar-refractivity contribution in [3.05, 3.63) is 36.3 Å². The maximum Gasteiger partial charge on any atom is 0.228 e. The summed E-state index contributed by atoms with van der Waals surface area (Å²) < 4.78 is 18.7. The highest BCUT2D eigenvalue weighted by Crippen LogP contribution is 2.31. The van der Waals surface area contributed by atoms with E-state index in [0.29, 0.717) is 10.2 Å². The quantitative estimate of drug-likeness (QED) is 0.929. The molecule has 100 valence electrons. The Morgan fingerprint density at radius 2 is 2.16 bits per heavy atom. The zero-order valence-corrected chi connectivity index (χ0v) is 11.3. The fraction of sp³-hybridized carbons (Fsp3) is 0.231. The van der Waals surface area contributed by atoms with Crippen LogP contribution >= 0.6 is 11.3 Å². The molecule has 1 aromatic carbocycles. The van der Waals surface area contributed by atoms with Crippen LogP contribution in [-0.2, 0) is 4.79 Å². The summed E-state index contributed by atoms with van der Waals surface area (Å²) in [6.45, 7) is 3.58. The Morgan fingerprint density at radius 1 is 1.42 bits per heavy atom. The number of anilines is 1. The summed E-state index contributed by atoms with van der Waals surface area (Å²) in [5.41, 5.74) is 0. The van der Waals surface area contributed by atoms with E-state index in [1.165, 1.54) is 18.3 Å². The molecule has 0 saturated heterocycles. The van der Waals surface area contributed by atoms with Gasteiger partial charge in [-0.3, -0.25) is 4.79 Å². The van der Waals surface area contributed by atoms with Crippen molar-refractivity contribution in [2.24, 2.45) is 5.92 Å². The number of halogens is 1. The van der Waals surface area contributed by atoms with Gasteiger partial charge in [0.2, 0.25) is 11.0 Å². The standard InChI is InChI=1S/C13H13FN2O2S/c1-8(2)12(17)16-13-15-7-11(19-13)18-10-6-4-3-5-9(10)14/h3-8H,1-2H3,(H,15,16,17). The smallest absolute Gasteiger partial charge is 0.228 e. The van der Waals surface area contributed by atoms with E-state index in [1.54, 1.807) is 26.0 Å². The molecular formula is C13H13FN2O2S. The lowest BCUT2D eigenvalue weighted by Crippen LogP contribution is -2.17. The molecule has 1 N–H and O–H groups in total. The van der Waals surface area contributed by atoms with Crippen molar-refractivity contribution >= 4 is 22.4 Å². The molecule has 0 aliphatic rings. The molecule has 0 spiro atoms. The van der Waals surface area contributed by atoms with Crippen LogP contribution in [0.25, 0.3) is 0 Å². The Kier molecular flexibility index (Phi) is 4.11. The predicted molar refractivity (Wildman–Crippen MR) is 72.1 cm³/mol. The van der Waals surface area contributed by atoms with E-state index in [-0.39, 0.29) is 17.6 Å². The number of nitrogens with zero attached hydrogens (tertiary/aromatic N) is 1. The third-order valence-electron chi connectivity index (χ3n) is 2.29. The second kappa shape index (κ2) is 5.79. The number of hydrogen-bond acceptors (Lipinski definition) is 4. The molecular weight excluding hydrogens is 267 g/mol. The van der Waals surface area contributed by atoms with E-state index in [9.17, 15) is 9.18 Å². The maximum atomic E-state index is 13.4. The topological polar surface area (TPSA) is 51.2 Å². The highest BCUT2D eigenvalue weighted by molar-refractivity contribution is 7.17. The first-order chi connectivity index (χ1) is 9.06. The van der Waals surface area contributed by atoms with Gasteiger partial charge in [0.05, 0.1) is 6.20 Å². The first-order valence-electron chi connectivity index (χ1n) is 5.75. The van der Waals surface area contributed by atoms with Gasteiger partial charge in [-0.1, -0.05) is 37.3 Å². The summed E-state index contributed by atoms with van der Waals surface area (Å²) in [5, 5.41) is 3.51. The zero-order valence-electron chi connectivity index (χ0n) is 10.5. The number of rotatable bonds is 4. The Bertz CT molecular complexity index is 584. The monoisotopic (exact) mass is 280 g/mol. The van der Waals surface area contributed by atoms with Crippen molar-refractivity contribution in [1.82, 2.24) is 4.98 Å². The Hall–Kier alpha value is -1.95. The molecule has 4 nitrogen and oxygen atoms in total. The van der Waals surface area contributed by atoms with Gasteiger partial charge < -0.3 is 10.1 Å². The van der Waals surface area contributed by atoms with Crippen molar-refractivity contribution in [3.63, 3.8) is 0 Å². The fourth-order valence-corrected chi connectivity index (χ4v) is 1.93. The van der Waals surface area contributed by atoms with Gasteiger partial charge in [0, 0.05) is 5.92 Å². The third kappa shape index (κ3) is 3.51. The number of ether oxygens (including phenoxy) is 1. The molecule has 0 radical (unpaired) electrons. The van der Waals surface area contributed by atoms with Crippen LogP contribution in [-0.4, -0.2) is 10.9 Å². The number of thiazole rings is 1. The Morgan fingerprint density at radius 3 is 2.84 bits per heavy atom. The number of hydrogen-bond donors (Lipinski definition) is 1. The molecule has 0 atom stereocenters. The van der Waals surface area contributed by atoms with Gasteiger partial charge in [0.25, 0.3) is 0 Å². The largest absolute Gasteiger partial charge is 0.442 e. The molecule has 1 heterocycles. The van der Waals surface area contributed by atoms with Crippen LogP contribution in [0.15, 0.2) is 30.5 Å². The van der Waals surface area contributed by atoms with Crippen LogP contribution in [0.1, 0.15) is 13.8 Å². The van der Waals surface area contributed by atoms with Crippen LogP contribution in [0, 0.1) is 11.7 Å². The summed E-state index contributed by atoms with van der Waals surface area (Å²) in [7, 11) is 0. The van der Waals surface area contributed by atoms with Gasteiger partial charge in [-0.2, -0.15) is 0 Å². The summed E-state index contributed by atoms with van der Waals surface area (Å²) in [5.74, 6) is -0.553. The minimum absolute atomic E-state index is 0.119. The molecule has 0 fully saturated rings. The Balaban J connectivity index is 2.06.